The molecule has 6 N–H and O–H groups in total. The number of Topliss-reactive ketones (excluding diaryl/α,β-unsaturated/α-hetero) is 3. The molecule has 1 aromatic carbocycles. The number of benzene rings is 1. The van der Waals surface area contributed by atoms with Gasteiger partial charge in [0.05, 0.1) is 35.9 Å². The van der Waals surface area contributed by atoms with Crippen molar-refractivity contribution >= 4 is 29.0 Å². The lowest BCUT2D eigenvalue weighted by atomic mass is 9.48. The van der Waals surface area contributed by atoms with Crippen LogP contribution in [0.3, 0.4) is 0 Å². The molecule has 12 nitrogen and oxygen atoms in total. The van der Waals surface area contributed by atoms with Gasteiger partial charge in [0.1, 0.15) is 17.4 Å². The van der Waals surface area contributed by atoms with Gasteiger partial charge in [0.15, 0.2) is 23.0 Å². The summed E-state index contributed by atoms with van der Waals surface area (Å²) in [4.78, 5) is 58.3. The molecule has 12 heteroatoms. The molecular formula is C31H45N5O7. The maximum absolute atomic E-state index is 14.4. The van der Waals surface area contributed by atoms with Crippen LogP contribution in [0, 0.1) is 29.1 Å². The summed E-state index contributed by atoms with van der Waals surface area (Å²) in [7, 11) is 6.15. The first-order valence-electron chi connectivity index (χ1n) is 14.8. The Morgan fingerprint density at radius 1 is 1.26 bits per heavy atom. The molecule has 1 aromatic rings. The SMILES string of the molecule is CCN(Cc1cc(O)c2c(c1OC)CC1CC3(NC)C(N(C)C)C(=O)C(C(N)=O)C(=N)C3(O)C(=O)C1C2=O)C(C)C(C)C. The fourth-order valence-corrected chi connectivity index (χ4v) is 7.90. The van der Waals surface area contributed by atoms with E-state index in [0.29, 0.717) is 29.3 Å². The predicted octanol–water partition coefficient (Wildman–Crippen LogP) is 0.535. The van der Waals surface area contributed by atoms with Crippen LogP contribution in [0.25, 0.3) is 0 Å². The number of nitrogens with two attached hydrogens (primary N) is 1. The number of nitrogens with one attached hydrogen (secondary N) is 2. The van der Waals surface area contributed by atoms with E-state index >= 15 is 0 Å². The third-order valence-electron chi connectivity index (χ3n) is 10.2. The maximum atomic E-state index is 14.4. The van der Waals surface area contributed by atoms with E-state index in [2.05, 4.69) is 37.9 Å². The van der Waals surface area contributed by atoms with E-state index in [-0.39, 0.29) is 30.2 Å². The Morgan fingerprint density at radius 3 is 2.37 bits per heavy atom. The number of aromatic hydroxyl groups is 1. The first kappa shape index (κ1) is 32.7. The molecule has 0 heterocycles. The minimum absolute atomic E-state index is 0.0512. The van der Waals surface area contributed by atoms with Crippen LogP contribution in [-0.4, -0.2) is 107 Å². The number of hydrogen-bond donors (Lipinski definition) is 5. The number of methoxy groups -OCH3 is 1. The highest BCUT2D eigenvalue weighted by Gasteiger charge is 2.74. The third kappa shape index (κ3) is 4.52. The van der Waals surface area contributed by atoms with Crippen LogP contribution in [-0.2, 0) is 27.3 Å². The molecule has 1 amide bonds. The normalized spacial score (nSPS) is 31.3. The summed E-state index contributed by atoms with van der Waals surface area (Å²) in [6.07, 6.45) is 0.0952. The first-order valence-corrected chi connectivity index (χ1v) is 14.8. The number of carbonyl (C=O) groups is 4. The number of rotatable bonds is 9. The summed E-state index contributed by atoms with van der Waals surface area (Å²) in [5.41, 5.74) is 1.37. The smallest absolute Gasteiger partial charge is 0.233 e. The van der Waals surface area contributed by atoms with Crippen molar-refractivity contribution in [3.8, 4) is 11.5 Å². The van der Waals surface area contributed by atoms with E-state index in [1.54, 1.807) is 14.1 Å². The highest BCUT2D eigenvalue weighted by atomic mass is 16.5. The van der Waals surface area contributed by atoms with Gasteiger partial charge in [0.25, 0.3) is 0 Å². The number of phenols is 1. The summed E-state index contributed by atoms with van der Waals surface area (Å²) in [6.45, 7) is 9.66. The molecule has 4 rings (SSSR count). The minimum Gasteiger partial charge on any atom is -0.507 e. The summed E-state index contributed by atoms with van der Waals surface area (Å²) < 4.78 is 5.86. The molecule has 3 aliphatic rings. The number of ether oxygens (including phenoxy) is 1. The van der Waals surface area contributed by atoms with E-state index in [4.69, 9.17) is 15.9 Å². The van der Waals surface area contributed by atoms with E-state index in [0.717, 1.165) is 6.54 Å². The number of fused-ring (bicyclic) bond motifs is 3. The largest absolute Gasteiger partial charge is 0.507 e. The molecule has 0 radical (unpaired) electrons. The molecule has 0 spiro atoms. The van der Waals surface area contributed by atoms with Crippen LogP contribution in [0.4, 0.5) is 0 Å². The molecule has 0 aromatic heterocycles. The summed E-state index contributed by atoms with van der Waals surface area (Å²) in [6, 6.07) is 0.514. The van der Waals surface area contributed by atoms with Gasteiger partial charge < -0.3 is 31.4 Å². The van der Waals surface area contributed by atoms with Gasteiger partial charge in [0, 0.05) is 23.7 Å². The first-order chi connectivity index (χ1) is 20.0. The van der Waals surface area contributed by atoms with Gasteiger partial charge in [-0.2, -0.15) is 0 Å². The predicted molar refractivity (Wildman–Crippen MR) is 159 cm³/mol. The van der Waals surface area contributed by atoms with Crippen molar-refractivity contribution in [3.63, 3.8) is 0 Å². The molecule has 0 aliphatic heterocycles. The molecule has 2 saturated carbocycles. The molecule has 2 fully saturated rings. The van der Waals surface area contributed by atoms with Crippen molar-refractivity contribution in [2.45, 2.75) is 70.3 Å². The number of carbonyl (C=O) groups excluding carboxylic acids is 4. The molecule has 43 heavy (non-hydrogen) atoms. The molecule has 3 aliphatic carbocycles. The minimum atomic E-state index is -2.69. The zero-order valence-electron chi connectivity index (χ0n) is 26.3. The van der Waals surface area contributed by atoms with Gasteiger partial charge in [0.2, 0.25) is 5.91 Å². The van der Waals surface area contributed by atoms with Gasteiger partial charge in [-0.3, -0.25) is 29.0 Å². The molecule has 0 saturated heterocycles. The Labute approximate surface area is 252 Å². The van der Waals surface area contributed by atoms with Gasteiger partial charge in [-0.05, 0) is 65.4 Å². The summed E-state index contributed by atoms with van der Waals surface area (Å²) in [5.74, 6) is -6.96. The highest BCUT2D eigenvalue weighted by molar-refractivity contribution is 6.34. The third-order valence-corrected chi connectivity index (χ3v) is 10.2. The number of hydrogen-bond acceptors (Lipinski definition) is 11. The Bertz CT molecular complexity index is 1380. The zero-order valence-corrected chi connectivity index (χ0v) is 26.3. The van der Waals surface area contributed by atoms with E-state index in [1.165, 1.54) is 25.1 Å². The molecule has 236 valence electrons. The van der Waals surface area contributed by atoms with Gasteiger partial charge in [-0.25, -0.2) is 0 Å². The molecule has 7 unspecified atom stereocenters. The quantitative estimate of drug-likeness (QED) is 0.251. The van der Waals surface area contributed by atoms with E-state index < -0.39 is 63.9 Å². The molecule has 0 bridgehead atoms. The Kier molecular flexibility index (Phi) is 8.66. The lowest BCUT2D eigenvalue weighted by molar-refractivity contribution is -0.164. The van der Waals surface area contributed by atoms with Crippen molar-refractivity contribution in [1.29, 1.82) is 5.41 Å². The van der Waals surface area contributed by atoms with E-state index in [9.17, 15) is 29.4 Å². The average Bonchev–Trinajstić information content (AvgIpc) is 2.92. The number of primary amides is 1. The highest BCUT2D eigenvalue weighted by Crippen LogP contribution is 2.54. The fourth-order valence-electron chi connectivity index (χ4n) is 7.90. The Morgan fingerprint density at radius 2 is 1.88 bits per heavy atom. The molecular weight excluding hydrogens is 554 g/mol. The van der Waals surface area contributed by atoms with Crippen molar-refractivity contribution in [2.75, 3.05) is 34.8 Å². The monoisotopic (exact) mass is 599 g/mol. The number of phenolic OH excluding ortho intramolecular Hbond substituents is 1. The Balaban J connectivity index is 1.90. The van der Waals surface area contributed by atoms with Crippen molar-refractivity contribution < 1.29 is 34.1 Å². The lowest BCUT2D eigenvalue weighted by Crippen LogP contribution is -2.86. The van der Waals surface area contributed by atoms with Crippen LogP contribution in [0.1, 0.15) is 55.6 Å². The van der Waals surface area contributed by atoms with Gasteiger partial charge in [-0.15, -0.1) is 0 Å². The van der Waals surface area contributed by atoms with Crippen LogP contribution >= 0.6 is 0 Å². The Hall–Kier alpha value is -3.19. The van der Waals surface area contributed by atoms with Crippen LogP contribution < -0.4 is 15.8 Å². The number of ketones is 3. The topological polar surface area (TPSA) is 186 Å². The number of nitrogens with zero attached hydrogens (tertiary/aromatic N) is 2. The zero-order chi connectivity index (χ0) is 32.3. The number of aliphatic hydroxyl groups is 1. The second-order valence-corrected chi connectivity index (χ2v) is 12.8. The summed E-state index contributed by atoms with van der Waals surface area (Å²) >= 11 is 0. The average molecular weight is 600 g/mol. The summed E-state index contributed by atoms with van der Waals surface area (Å²) in [5, 5.41) is 35.2. The van der Waals surface area contributed by atoms with Gasteiger partial charge >= 0.3 is 0 Å². The van der Waals surface area contributed by atoms with Crippen LogP contribution in [0.15, 0.2) is 6.07 Å². The van der Waals surface area contributed by atoms with Crippen LogP contribution in [0.2, 0.25) is 0 Å². The van der Waals surface area contributed by atoms with Crippen LogP contribution in [0.5, 0.6) is 11.5 Å². The maximum Gasteiger partial charge on any atom is 0.233 e. The van der Waals surface area contributed by atoms with Crippen molar-refractivity contribution in [1.82, 2.24) is 15.1 Å². The molecule has 7 atom stereocenters. The number of amides is 1. The van der Waals surface area contributed by atoms with E-state index in [1.807, 2.05) is 0 Å². The lowest BCUT2D eigenvalue weighted by Gasteiger charge is -2.61. The number of likely N-dealkylation sites (N-methyl/N-ethyl adjacent to an activating group) is 2. The van der Waals surface area contributed by atoms with Crippen molar-refractivity contribution in [3.05, 3.63) is 22.8 Å². The second kappa shape index (κ2) is 11.4. The van der Waals surface area contributed by atoms with Crippen molar-refractivity contribution in [2.24, 2.45) is 29.4 Å². The second-order valence-electron chi connectivity index (χ2n) is 12.8. The standard InChI is InChI=1S/C31H45N5O7/c1-9-36(15(4)14(2)3)13-17-11-19(37)21-18(25(17)43-8)10-16-12-30(34-5)27(35(6)7)24(39)22(29(33)41)26(32)31(30,42)28(40)20(16)23(21)38/h11,14-16,20,22,27,32,34,37,42H,9-10,12-13H2,1-8H3,(H2,33,41). The fraction of sp³-hybridized carbons (Fsp3) is 0.645. The van der Waals surface area contributed by atoms with Gasteiger partial charge in [-0.1, -0.05) is 20.8 Å².